The van der Waals surface area contributed by atoms with Crippen LogP contribution in [0.3, 0.4) is 0 Å². The van der Waals surface area contributed by atoms with Crippen molar-refractivity contribution in [3.05, 3.63) is 0 Å². The second kappa shape index (κ2) is 6.90. The van der Waals surface area contributed by atoms with Crippen molar-refractivity contribution < 1.29 is 9.90 Å². The van der Waals surface area contributed by atoms with E-state index in [0.717, 1.165) is 6.54 Å². The Labute approximate surface area is 123 Å². The lowest BCUT2D eigenvalue weighted by Gasteiger charge is -2.46. The van der Waals surface area contributed by atoms with Gasteiger partial charge in [0.25, 0.3) is 0 Å². The molecule has 1 heterocycles. The zero-order chi connectivity index (χ0) is 15.5. The number of carboxylic acids is 1. The fraction of sp³-hybridized carbons (Fsp3) is 0.938. The maximum absolute atomic E-state index is 11.6. The Morgan fingerprint density at radius 3 is 2.55 bits per heavy atom. The monoisotopic (exact) mass is 284 g/mol. The summed E-state index contributed by atoms with van der Waals surface area (Å²) < 4.78 is 0. The molecule has 0 aromatic heterocycles. The minimum atomic E-state index is -0.836. The Morgan fingerprint density at radius 2 is 2.05 bits per heavy atom. The van der Waals surface area contributed by atoms with Crippen LogP contribution in [0.25, 0.3) is 0 Å². The van der Waals surface area contributed by atoms with E-state index in [1.807, 2.05) is 6.92 Å². The summed E-state index contributed by atoms with van der Waals surface area (Å²) in [6, 6.07) is 0.802. The molecule has 1 fully saturated rings. The number of rotatable bonds is 6. The molecule has 0 spiro atoms. The molecule has 1 aliphatic heterocycles. The van der Waals surface area contributed by atoms with Crippen molar-refractivity contribution in [2.75, 3.05) is 13.1 Å². The van der Waals surface area contributed by atoms with Crippen LogP contribution in [-0.2, 0) is 4.79 Å². The van der Waals surface area contributed by atoms with Gasteiger partial charge in [0.15, 0.2) is 0 Å². The van der Waals surface area contributed by atoms with Crippen LogP contribution in [0.15, 0.2) is 0 Å². The first-order chi connectivity index (χ1) is 9.21. The van der Waals surface area contributed by atoms with Gasteiger partial charge in [-0.1, -0.05) is 20.8 Å². The standard InChI is InChI=1S/C16H32N2O2/c1-7-17-16(6,15(19)20)9-13(4)18-10-11(2)8-12(3)14(18)5/h11-14,17H,7-10H2,1-6H3,(H,19,20). The van der Waals surface area contributed by atoms with Crippen molar-refractivity contribution in [2.45, 2.75) is 72.0 Å². The number of carboxylic acid groups (broad SMARTS) is 1. The van der Waals surface area contributed by atoms with E-state index >= 15 is 0 Å². The van der Waals surface area contributed by atoms with Gasteiger partial charge < -0.3 is 10.4 Å². The lowest BCUT2D eigenvalue weighted by atomic mass is 9.83. The molecule has 4 nitrogen and oxygen atoms in total. The molecule has 2 N–H and O–H groups in total. The van der Waals surface area contributed by atoms with Crippen LogP contribution < -0.4 is 5.32 Å². The van der Waals surface area contributed by atoms with Crippen LogP contribution in [0, 0.1) is 11.8 Å². The third-order valence-corrected chi connectivity index (χ3v) is 4.95. The van der Waals surface area contributed by atoms with Crippen molar-refractivity contribution >= 4 is 5.97 Å². The molecule has 5 atom stereocenters. The maximum Gasteiger partial charge on any atom is 0.323 e. The number of piperidine rings is 1. The Bertz CT molecular complexity index is 334. The predicted octanol–water partition coefficient (Wildman–Crippen LogP) is 2.58. The average molecular weight is 284 g/mol. The maximum atomic E-state index is 11.6. The number of carbonyl (C=O) groups is 1. The van der Waals surface area contributed by atoms with E-state index in [0.29, 0.717) is 30.8 Å². The van der Waals surface area contributed by atoms with Crippen LogP contribution in [0.2, 0.25) is 0 Å². The summed E-state index contributed by atoms with van der Waals surface area (Å²) in [6.07, 6.45) is 1.91. The van der Waals surface area contributed by atoms with Crippen LogP contribution in [-0.4, -0.2) is 46.7 Å². The largest absolute Gasteiger partial charge is 0.480 e. The molecular formula is C16H32N2O2. The molecule has 0 aromatic carbocycles. The normalized spacial score (nSPS) is 32.6. The molecule has 4 heteroatoms. The van der Waals surface area contributed by atoms with Gasteiger partial charge in [0.05, 0.1) is 0 Å². The minimum Gasteiger partial charge on any atom is -0.480 e. The van der Waals surface area contributed by atoms with Crippen molar-refractivity contribution in [1.82, 2.24) is 10.2 Å². The van der Waals surface area contributed by atoms with E-state index in [4.69, 9.17) is 0 Å². The minimum absolute atomic E-state index is 0.273. The summed E-state index contributed by atoms with van der Waals surface area (Å²) in [5, 5.41) is 12.6. The van der Waals surface area contributed by atoms with Gasteiger partial charge in [-0.2, -0.15) is 0 Å². The Hall–Kier alpha value is -0.610. The first-order valence-electron chi connectivity index (χ1n) is 7.95. The Balaban J connectivity index is 2.77. The van der Waals surface area contributed by atoms with Gasteiger partial charge in [-0.3, -0.25) is 9.69 Å². The predicted molar refractivity (Wildman–Crippen MR) is 82.9 cm³/mol. The Morgan fingerprint density at radius 1 is 1.45 bits per heavy atom. The van der Waals surface area contributed by atoms with Crippen LogP contribution in [0.4, 0.5) is 0 Å². The van der Waals surface area contributed by atoms with Gasteiger partial charge in [-0.15, -0.1) is 0 Å². The van der Waals surface area contributed by atoms with Gasteiger partial charge in [0.2, 0.25) is 0 Å². The van der Waals surface area contributed by atoms with Gasteiger partial charge >= 0.3 is 5.97 Å². The van der Waals surface area contributed by atoms with E-state index in [1.54, 1.807) is 6.92 Å². The van der Waals surface area contributed by atoms with E-state index in [2.05, 4.69) is 37.9 Å². The number of nitrogens with zero attached hydrogens (tertiary/aromatic N) is 1. The molecule has 1 rings (SSSR count). The quantitative estimate of drug-likeness (QED) is 0.787. The number of hydrogen-bond acceptors (Lipinski definition) is 3. The smallest absolute Gasteiger partial charge is 0.323 e. The molecule has 5 unspecified atom stereocenters. The van der Waals surface area contributed by atoms with E-state index in [-0.39, 0.29) is 6.04 Å². The Kier molecular flexibility index (Phi) is 6.02. The van der Waals surface area contributed by atoms with Crippen LogP contribution in [0.1, 0.15) is 54.4 Å². The molecule has 0 radical (unpaired) electrons. The molecular weight excluding hydrogens is 252 g/mol. The summed E-state index contributed by atoms with van der Waals surface area (Å²) >= 11 is 0. The summed E-state index contributed by atoms with van der Waals surface area (Å²) in [4.78, 5) is 14.1. The van der Waals surface area contributed by atoms with E-state index < -0.39 is 11.5 Å². The second-order valence-electron chi connectivity index (χ2n) is 6.98. The highest BCUT2D eigenvalue weighted by Crippen LogP contribution is 2.30. The molecule has 1 aliphatic rings. The molecule has 118 valence electrons. The van der Waals surface area contributed by atoms with Gasteiger partial charge in [0.1, 0.15) is 5.54 Å². The molecule has 1 saturated heterocycles. The molecule has 20 heavy (non-hydrogen) atoms. The molecule has 0 saturated carbocycles. The highest BCUT2D eigenvalue weighted by Gasteiger charge is 2.38. The van der Waals surface area contributed by atoms with Crippen molar-refractivity contribution in [3.63, 3.8) is 0 Å². The highest BCUT2D eigenvalue weighted by atomic mass is 16.4. The first kappa shape index (κ1) is 17.4. The number of likely N-dealkylation sites (tertiary alicyclic amines) is 1. The summed E-state index contributed by atoms with van der Waals surface area (Å²) in [7, 11) is 0. The zero-order valence-electron chi connectivity index (χ0n) is 13.9. The van der Waals surface area contributed by atoms with Crippen molar-refractivity contribution in [1.29, 1.82) is 0 Å². The van der Waals surface area contributed by atoms with Crippen LogP contribution >= 0.6 is 0 Å². The molecule has 0 aliphatic carbocycles. The number of likely N-dealkylation sites (N-methyl/N-ethyl adjacent to an activating group) is 1. The topological polar surface area (TPSA) is 52.6 Å². The van der Waals surface area contributed by atoms with Gasteiger partial charge in [-0.25, -0.2) is 0 Å². The fourth-order valence-corrected chi connectivity index (χ4v) is 3.67. The lowest BCUT2D eigenvalue weighted by molar-refractivity contribution is -0.145. The SMILES string of the molecule is CCNC(C)(CC(C)N1CC(C)CC(C)C1C)C(=O)O. The number of nitrogens with one attached hydrogen (secondary N) is 1. The third-order valence-electron chi connectivity index (χ3n) is 4.95. The van der Waals surface area contributed by atoms with Gasteiger partial charge in [-0.05, 0) is 52.0 Å². The summed E-state index contributed by atoms with van der Waals surface area (Å²) in [5.74, 6) is 0.618. The van der Waals surface area contributed by atoms with Crippen molar-refractivity contribution in [3.8, 4) is 0 Å². The second-order valence-corrected chi connectivity index (χ2v) is 6.98. The highest BCUT2D eigenvalue weighted by molar-refractivity contribution is 5.78. The van der Waals surface area contributed by atoms with Gasteiger partial charge in [0, 0.05) is 18.6 Å². The first-order valence-corrected chi connectivity index (χ1v) is 7.95. The van der Waals surface area contributed by atoms with Crippen molar-refractivity contribution in [2.24, 2.45) is 11.8 Å². The number of hydrogen-bond donors (Lipinski definition) is 2. The van der Waals surface area contributed by atoms with E-state index in [1.165, 1.54) is 6.42 Å². The molecule has 0 bridgehead atoms. The fourth-order valence-electron chi connectivity index (χ4n) is 3.67. The van der Waals surface area contributed by atoms with Crippen LogP contribution in [0.5, 0.6) is 0 Å². The third kappa shape index (κ3) is 3.95. The lowest BCUT2D eigenvalue weighted by Crippen LogP contribution is -2.56. The average Bonchev–Trinajstić information content (AvgIpc) is 2.33. The zero-order valence-corrected chi connectivity index (χ0v) is 13.9. The molecule has 0 aromatic rings. The molecule has 0 amide bonds. The number of aliphatic carboxylic acids is 1. The van der Waals surface area contributed by atoms with E-state index in [9.17, 15) is 9.90 Å². The summed E-state index contributed by atoms with van der Waals surface area (Å²) in [5.41, 5.74) is -0.836. The summed E-state index contributed by atoms with van der Waals surface area (Å²) in [6.45, 7) is 14.6.